The third kappa shape index (κ3) is 1.93. The van der Waals surface area contributed by atoms with Crippen LogP contribution in [0.5, 0.6) is 5.75 Å². The highest BCUT2D eigenvalue weighted by molar-refractivity contribution is 5.82. The maximum absolute atomic E-state index is 5.37. The topological polar surface area (TPSA) is 78.1 Å². The van der Waals surface area contributed by atoms with E-state index in [2.05, 4.69) is 25.1 Å². The molecular weight excluding hydrogens is 292 g/mol. The molecule has 0 aliphatic carbocycles. The van der Waals surface area contributed by atoms with Gasteiger partial charge in [0.05, 0.1) is 12.8 Å². The molecule has 0 N–H and O–H groups in total. The monoisotopic (exact) mass is 306 g/mol. The molecule has 114 valence electrons. The van der Waals surface area contributed by atoms with Gasteiger partial charge in [0.1, 0.15) is 5.82 Å². The van der Waals surface area contributed by atoms with Crippen molar-refractivity contribution >= 4 is 16.8 Å². The van der Waals surface area contributed by atoms with Crippen LogP contribution in [0.2, 0.25) is 0 Å². The van der Waals surface area contributed by atoms with Crippen molar-refractivity contribution in [2.45, 2.75) is 13.8 Å². The van der Waals surface area contributed by atoms with Crippen molar-refractivity contribution < 1.29 is 4.74 Å². The van der Waals surface area contributed by atoms with Gasteiger partial charge in [-0.05, 0) is 25.5 Å². The zero-order valence-electron chi connectivity index (χ0n) is 13.0. The van der Waals surface area contributed by atoms with E-state index in [0.717, 1.165) is 22.6 Å². The minimum atomic E-state index is 0.604. The number of hydrogen-bond donors (Lipinski definition) is 0. The average Bonchev–Trinajstić information content (AvgIpc) is 2.92. The number of hydrogen-bond acceptors (Lipinski definition) is 6. The molecule has 0 aromatic carbocycles. The molecule has 0 amide bonds. The Hall–Kier alpha value is -3.09. The summed E-state index contributed by atoms with van der Waals surface area (Å²) in [5, 5.41) is 8.57. The summed E-state index contributed by atoms with van der Waals surface area (Å²) in [4.78, 5) is 13.3. The zero-order chi connectivity index (χ0) is 16.0. The van der Waals surface area contributed by atoms with Crippen LogP contribution in [0, 0.1) is 13.8 Å². The summed E-state index contributed by atoms with van der Waals surface area (Å²) in [7, 11) is 1.60. The maximum atomic E-state index is 5.37. The fraction of sp³-hybridized carbons (Fsp3) is 0.188. The van der Waals surface area contributed by atoms with Gasteiger partial charge in [-0.3, -0.25) is 9.38 Å². The lowest BCUT2D eigenvalue weighted by Crippen LogP contribution is -2.01. The Morgan fingerprint density at radius 1 is 1.04 bits per heavy atom. The Kier molecular flexibility index (Phi) is 2.94. The molecule has 0 saturated carbocycles. The molecule has 0 bridgehead atoms. The molecule has 4 aromatic heterocycles. The van der Waals surface area contributed by atoms with Gasteiger partial charge in [-0.1, -0.05) is 0 Å². The predicted octanol–water partition coefficient (Wildman–Crippen LogP) is 2.36. The van der Waals surface area contributed by atoms with Crippen LogP contribution in [-0.4, -0.2) is 36.7 Å². The molecule has 4 heterocycles. The van der Waals surface area contributed by atoms with Crippen molar-refractivity contribution in [1.82, 2.24) is 29.5 Å². The van der Waals surface area contributed by atoms with Crippen LogP contribution in [0.15, 0.2) is 30.7 Å². The van der Waals surface area contributed by atoms with Gasteiger partial charge < -0.3 is 4.74 Å². The van der Waals surface area contributed by atoms with E-state index in [-0.39, 0.29) is 0 Å². The Labute approximate surface area is 132 Å². The lowest BCUT2D eigenvalue weighted by molar-refractivity contribution is 0.418. The van der Waals surface area contributed by atoms with E-state index in [9.17, 15) is 0 Å². The van der Waals surface area contributed by atoms with Crippen LogP contribution in [0.3, 0.4) is 0 Å². The molecule has 7 nitrogen and oxygen atoms in total. The second-order valence-electron chi connectivity index (χ2n) is 5.26. The highest BCUT2D eigenvalue weighted by atomic mass is 16.5. The summed E-state index contributed by atoms with van der Waals surface area (Å²) in [5.41, 5.74) is 4.78. The molecule has 0 atom stereocenters. The van der Waals surface area contributed by atoms with Gasteiger partial charge in [0, 0.05) is 30.2 Å². The van der Waals surface area contributed by atoms with Gasteiger partial charge in [-0.2, -0.15) is 0 Å². The summed E-state index contributed by atoms with van der Waals surface area (Å²) < 4.78 is 7.29. The number of imidazole rings is 1. The van der Waals surface area contributed by atoms with Gasteiger partial charge in [0.2, 0.25) is 0 Å². The highest BCUT2D eigenvalue weighted by Crippen LogP contribution is 2.28. The molecule has 0 saturated heterocycles. The molecule has 4 rings (SSSR count). The molecule has 0 fully saturated rings. The van der Waals surface area contributed by atoms with Gasteiger partial charge >= 0.3 is 0 Å². The van der Waals surface area contributed by atoms with Crippen molar-refractivity contribution in [2.24, 2.45) is 0 Å². The minimum Gasteiger partial charge on any atom is -0.494 e. The number of rotatable bonds is 2. The Morgan fingerprint density at radius 2 is 1.91 bits per heavy atom. The second-order valence-corrected chi connectivity index (χ2v) is 5.26. The van der Waals surface area contributed by atoms with Crippen LogP contribution < -0.4 is 4.74 Å². The maximum Gasteiger partial charge on any atom is 0.184 e. The van der Waals surface area contributed by atoms with Crippen molar-refractivity contribution in [1.29, 1.82) is 0 Å². The predicted molar refractivity (Wildman–Crippen MR) is 85.3 cm³/mol. The molecule has 23 heavy (non-hydrogen) atoms. The molecule has 0 spiro atoms. The third-order valence-corrected chi connectivity index (χ3v) is 3.83. The first-order valence-corrected chi connectivity index (χ1v) is 7.16. The van der Waals surface area contributed by atoms with E-state index < -0.39 is 0 Å². The van der Waals surface area contributed by atoms with Gasteiger partial charge in [0.25, 0.3) is 0 Å². The largest absolute Gasteiger partial charge is 0.494 e. The number of methoxy groups -OCH3 is 1. The SMILES string of the molecule is COc1ccnc2c1nnc1c(C)nc(-c3ccncc3C)n12. The van der Waals surface area contributed by atoms with Gasteiger partial charge in [-0.25, -0.2) is 9.97 Å². The molecule has 0 radical (unpaired) electrons. The summed E-state index contributed by atoms with van der Waals surface area (Å²) in [5.74, 6) is 1.41. The van der Waals surface area contributed by atoms with Gasteiger partial charge in [-0.15, -0.1) is 10.2 Å². The molecular formula is C16H14N6O. The van der Waals surface area contributed by atoms with E-state index in [1.807, 2.05) is 30.5 Å². The number of pyridine rings is 2. The number of fused-ring (bicyclic) bond motifs is 3. The van der Waals surface area contributed by atoms with Gasteiger partial charge in [0.15, 0.2) is 22.6 Å². The lowest BCUT2D eigenvalue weighted by Gasteiger charge is -2.08. The van der Waals surface area contributed by atoms with Crippen LogP contribution >= 0.6 is 0 Å². The minimum absolute atomic E-state index is 0.604. The van der Waals surface area contributed by atoms with E-state index in [0.29, 0.717) is 22.6 Å². The second kappa shape index (κ2) is 4.98. The van der Waals surface area contributed by atoms with Crippen LogP contribution in [0.25, 0.3) is 28.2 Å². The summed E-state index contributed by atoms with van der Waals surface area (Å²) in [6, 6.07) is 3.71. The van der Waals surface area contributed by atoms with E-state index in [4.69, 9.17) is 4.74 Å². The van der Waals surface area contributed by atoms with Crippen LogP contribution in [-0.2, 0) is 0 Å². The fourth-order valence-electron chi connectivity index (χ4n) is 2.69. The smallest absolute Gasteiger partial charge is 0.184 e. The first kappa shape index (κ1) is 13.6. The Morgan fingerprint density at radius 3 is 2.70 bits per heavy atom. The Bertz CT molecular complexity index is 1040. The molecule has 0 aliphatic heterocycles. The van der Waals surface area contributed by atoms with Crippen molar-refractivity contribution in [3.63, 3.8) is 0 Å². The standard InChI is InChI=1S/C16H14N6O/c1-9-8-17-6-4-11(9)15-19-10(2)14-21-20-13-12(23-3)5-7-18-16(13)22(14)15/h4-8H,1-3H3. The fourth-order valence-corrected chi connectivity index (χ4v) is 2.69. The number of aromatic nitrogens is 6. The van der Waals surface area contributed by atoms with Crippen LogP contribution in [0.4, 0.5) is 0 Å². The molecule has 0 aliphatic rings. The summed E-state index contributed by atoms with van der Waals surface area (Å²) in [6.45, 7) is 3.92. The highest BCUT2D eigenvalue weighted by Gasteiger charge is 2.18. The molecule has 0 unspecified atom stereocenters. The zero-order valence-corrected chi connectivity index (χ0v) is 13.0. The number of aryl methyl sites for hydroxylation is 2. The third-order valence-electron chi connectivity index (χ3n) is 3.83. The molecule has 7 heteroatoms. The normalized spacial score (nSPS) is 11.3. The Balaban J connectivity index is 2.18. The quantitative estimate of drug-likeness (QED) is 0.566. The lowest BCUT2D eigenvalue weighted by atomic mass is 10.1. The van der Waals surface area contributed by atoms with Crippen molar-refractivity contribution in [3.8, 4) is 17.1 Å². The summed E-state index contributed by atoms with van der Waals surface area (Å²) >= 11 is 0. The first-order chi connectivity index (χ1) is 11.2. The van der Waals surface area contributed by atoms with E-state index in [1.54, 1.807) is 25.6 Å². The number of ether oxygens (including phenoxy) is 1. The van der Waals surface area contributed by atoms with E-state index >= 15 is 0 Å². The average molecular weight is 306 g/mol. The van der Waals surface area contributed by atoms with Crippen molar-refractivity contribution in [2.75, 3.05) is 7.11 Å². The van der Waals surface area contributed by atoms with Crippen LogP contribution in [0.1, 0.15) is 11.3 Å². The first-order valence-electron chi connectivity index (χ1n) is 7.16. The summed E-state index contributed by atoms with van der Waals surface area (Å²) in [6.07, 6.45) is 5.26. The molecule has 4 aromatic rings. The van der Waals surface area contributed by atoms with Crippen molar-refractivity contribution in [3.05, 3.63) is 42.0 Å². The number of nitrogens with zero attached hydrogens (tertiary/aromatic N) is 6. The van der Waals surface area contributed by atoms with E-state index in [1.165, 1.54) is 0 Å².